The molecule has 2 aromatic carbocycles. The van der Waals surface area contributed by atoms with Gasteiger partial charge in [-0.15, -0.1) is 11.3 Å². The van der Waals surface area contributed by atoms with Crippen molar-refractivity contribution < 1.29 is 19.1 Å². The van der Waals surface area contributed by atoms with Crippen LogP contribution in [0.4, 0.5) is 5.69 Å². The van der Waals surface area contributed by atoms with Crippen LogP contribution in [0.25, 0.3) is 0 Å². The quantitative estimate of drug-likeness (QED) is 0.471. The molecule has 3 rings (SSSR count). The number of amides is 1. The third kappa shape index (κ3) is 4.78. The van der Waals surface area contributed by atoms with Crippen molar-refractivity contribution in [3.05, 3.63) is 87.1 Å². The van der Waals surface area contributed by atoms with Gasteiger partial charge in [0.2, 0.25) is 5.78 Å². The number of rotatable bonds is 6. The summed E-state index contributed by atoms with van der Waals surface area (Å²) in [6.07, 6.45) is -1.02. The minimum Gasteiger partial charge on any atom is -0.449 e. The molecule has 3 aromatic rings. The van der Waals surface area contributed by atoms with Gasteiger partial charge >= 0.3 is 5.97 Å². The average molecular weight is 407 g/mol. The molecule has 148 valence electrons. The number of carbonyl (C=O) groups is 3. The topological polar surface area (TPSA) is 72.5 Å². The van der Waals surface area contributed by atoms with Gasteiger partial charge in [-0.1, -0.05) is 42.0 Å². The zero-order valence-corrected chi connectivity index (χ0v) is 17.2. The number of thiophene rings is 1. The zero-order chi connectivity index (χ0) is 21.0. The fraction of sp³-hybridized carbons (Fsp3) is 0.174. The molecule has 29 heavy (non-hydrogen) atoms. The average Bonchev–Trinajstić information content (AvgIpc) is 3.24. The summed E-state index contributed by atoms with van der Waals surface area (Å²) in [7, 11) is 0. The second-order valence-corrected chi connectivity index (χ2v) is 7.65. The van der Waals surface area contributed by atoms with Crippen molar-refractivity contribution in [2.24, 2.45) is 0 Å². The smallest absolute Gasteiger partial charge is 0.339 e. The molecule has 0 fully saturated rings. The molecule has 0 bridgehead atoms. The maximum atomic E-state index is 12.7. The Morgan fingerprint density at radius 3 is 2.34 bits per heavy atom. The SMILES string of the molecule is Cc1ccc(NC(=O)[C@@H](C)OC(=O)c2ccccc2C(=O)c2cccs2)c(C)c1. The van der Waals surface area contributed by atoms with Crippen LogP contribution >= 0.6 is 11.3 Å². The highest BCUT2D eigenvalue weighted by Crippen LogP contribution is 2.20. The van der Waals surface area contributed by atoms with Gasteiger partial charge in [-0.3, -0.25) is 9.59 Å². The van der Waals surface area contributed by atoms with Crippen LogP contribution in [-0.2, 0) is 9.53 Å². The zero-order valence-electron chi connectivity index (χ0n) is 16.4. The molecule has 0 aliphatic heterocycles. The van der Waals surface area contributed by atoms with E-state index in [1.165, 1.54) is 24.3 Å². The van der Waals surface area contributed by atoms with E-state index in [0.717, 1.165) is 11.1 Å². The molecule has 0 spiro atoms. The van der Waals surface area contributed by atoms with Gasteiger partial charge in [-0.25, -0.2) is 4.79 Å². The number of aryl methyl sites for hydroxylation is 2. The van der Waals surface area contributed by atoms with Gasteiger partial charge in [0.15, 0.2) is 6.10 Å². The minimum absolute atomic E-state index is 0.136. The van der Waals surface area contributed by atoms with Crippen molar-refractivity contribution in [1.29, 1.82) is 0 Å². The van der Waals surface area contributed by atoms with Crippen LogP contribution in [0.1, 0.15) is 43.6 Å². The van der Waals surface area contributed by atoms with Crippen molar-refractivity contribution >= 4 is 34.7 Å². The van der Waals surface area contributed by atoms with E-state index >= 15 is 0 Å². The molecular weight excluding hydrogens is 386 g/mol. The summed E-state index contributed by atoms with van der Waals surface area (Å²) in [6, 6.07) is 15.6. The fourth-order valence-corrected chi connectivity index (χ4v) is 3.54. The first kappa shape index (κ1) is 20.5. The predicted molar refractivity (Wildman–Crippen MR) is 114 cm³/mol. The van der Waals surface area contributed by atoms with Crippen LogP contribution in [-0.4, -0.2) is 23.8 Å². The highest BCUT2D eigenvalue weighted by Gasteiger charge is 2.24. The minimum atomic E-state index is -1.02. The molecule has 0 aliphatic rings. The molecular formula is C23H21NO4S. The van der Waals surface area contributed by atoms with E-state index in [1.807, 2.05) is 32.0 Å². The van der Waals surface area contributed by atoms with Crippen molar-refractivity contribution in [1.82, 2.24) is 0 Å². The molecule has 0 radical (unpaired) electrons. The predicted octanol–water partition coefficient (Wildman–Crippen LogP) is 4.78. The number of ether oxygens (including phenoxy) is 1. The van der Waals surface area contributed by atoms with Crippen LogP contribution in [0, 0.1) is 13.8 Å². The molecule has 1 heterocycles. The van der Waals surface area contributed by atoms with Gasteiger partial charge in [0.25, 0.3) is 5.91 Å². The first-order valence-corrected chi connectivity index (χ1v) is 10.0. The van der Waals surface area contributed by atoms with E-state index in [1.54, 1.807) is 35.7 Å². The Balaban J connectivity index is 1.73. The number of carbonyl (C=O) groups excluding carboxylic acids is 3. The summed E-state index contributed by atoms with van der Waals surface area (Å²) in [4.78, 5) is 38.4. The largest absolute Gasteiger partial charge is 0.449 e. The lowest BCUT2D eigenvalue weighted by molar-refractivity contribution is -0.123. The second-order valence-electron chi connectivity index (χ2n) is 6.71. The van der Waals surface area contributed by atoms with E-state index in [2.05, 4.69) is 5.32 Å². The Kier molecular flexibility index (Phi) is 6.24. The summed E-state index contributed by atoms with van der Waals surface area (Å²) >= 11 is 1.30. The number of hydrogen-bond acceptors (Lipinski definition) is 5. The first-order valence-electron chi connectivity index (χ1n) is 9.13. The molecule has 5 nitrogen and oxygen atoms in total. The Morgan fingerprint density at radius 1 is 0.966 bits per heavy atom. The Hall–Kier alpha value is -3.25. The van der Waals surface area contributed by atoms with Crippen LogP contribution in [0.2, 0.25) is 0 Å². The van der Waals surface area contributed by atoms with E-state index in [-0.39, 0.29) is 16.9 Å². The lowest BCUT2D eigenvalue weighted by Crippen LogP contribution is -2.30. The summed E-state index contributed by atoms with van der Waals surface area (Å²) in [5.41, 5.74) is 3.06. The number of nitrogens with one attached hydrogen (secondary N) is 1. The monoisotopic (exact) mass is 407 g/mol. The molecule has 0 unspecified atom stereocenters. The van der Waals surface area contributed by atoms with Crippen LogP contribution in [0.15, 0.2) is 60.0 Å². The molecule has 6 heteroatoms. The summed E-state index contributed by atoms with van der Waals surface area (Å²) in [5.74, 6) is -1.40. The van der Waals surface area contributed by atoms with Crippen molar-refractivity contribution in [3.8, 4) is 0 Å². The Bertz CT molecular complexity index is 1060. The molecule has 1 atom stereocenters. The summed E-state index contributed by atoms with van der Waals surface area (Å²) in [5, 5.41) is 4.57. The van der Waals surface area contributed by atoms with Crippen LogP contribution < -0.4 is 5.32 Å². The van der Waals surface area contributed by atoms with E-state index in [0.29, 0.717) is 10.6 Å². The Morgan fingerprint density at radius 2 is 1.69 bits per heavy atom. The summed E-state index contributed by atoms with van der Waals surface area (Å²) in [6.45, 7) is 5.37. The second kappa shape index (κ2) is 8.84. The van der Waals surface area contributed by atoms with Crippen LogP contribution in [0.3, 0.4) is 0 Å². The van der Waals surface area contributed by atoms with E-state index in [9.17, 15) is 14.4 Å². The van der Waals surface area contributed by atoms with Gasteiger partial charge in [-0.05, 0) is 49.9 Å². The molecule has 0 aliphatic carbocycles. The highest BCUT2D eigenvalue weighted by molar-refractivity contribution is 7.12. The molecule has 0 saturated carbocycles. The third-order valence-corrected chi connectivity index (χ3v) is 5.30. The standard InChI is InChI=1S/C23H21NO4S/c1-14-10-11-19(15(2)13-14)24-22(26)16(3)28-23(27)18-8-5-4-7-17(18)21(25)20-9-6-12-29-20/h4-13,16H,1-3H3,(H,24,26)/t16-/m1/s1. The van der Waals surface area contributed by atoms with Crippen molar-refractivity contribution in [3.63, 3.8) is 0 Å². The van der Waals surface area contributed by atoms with Crippen molar-refractivity contribution in [2.75, 3.05) is 5.32 Å². The first-order chi connectivity index (χ1) is 13.9. The van der Waals surface area contributed by atoms with Gasteiger partial charge < -0.3 is 10.1 Å². The lowest BCUT2D eigenvalue weighted by Gasteiger charge is -2.16. The van der Waals surface area contributed by atoms with Gasteiger partial charge in [0.1, 0.15) is 0 Å². The molecule has 1 N–H and O–H groups in total. The Labute approximate surface area is 173 Å². The molecule has 1 amide bonds. The lowest BCUT2D eigenvalue weighted by atomic mass is 10.0. The number of ketones is 1. The number of anilines is 1. The number of esters is 1. The van der Waals surface area contributed by atoms with Gasteiger partial charge in [0, 0.05) is 11.3 Å². The fourth-order valence-electron chi connectivity index (χ4n) is 2.87. The van der Waals surface area contributed by atoms with Crippen molar-refractivity contribution in [2.45, 2.75) is 26.9 Å². The maximum Gasteiger partial charge on any atom is 0.339 e. The van der Waals surface area contributed by atoms with Crippen LogP contribution in [0.5, 0.6) is 0 Å². The van der Waals surface area contributed by atoms with Gasteiger partial charge in [-0.2, -0.15) is 0 Å². The molecule has 1 aromatic heterocycles. The number of benzene rings is 2. The summed E-state index contributed by atoms with van der Waals surface area (Å²) < 4.78 is 5.34. The maximum absolute atomic E-state index is 12.7. The third-order valence-electron chi connectivity index (χ3n) is 4.43. The molecule has 0 saturated heterocycles. The van der Waals surface area contributed by atoms with E-state index in [4.69, 9.17) is 4.74 Å². The normalized spacial score (nSPS) is 11.6. The van der Waals surface area contributed by atoms with E-state index < -0.39 is 18.0 Å². The van der Waals surface area contributed by atoms with Gasteiger partial charge in [0.05, 0.1) is 10.4 Å². The number of hydrogen-bond donors (Lipinski definition) is 1. The highest BCUT2D eigenvalue weighted by atomic mass is 32.1.